The number of nitrogens with one attached hydrogen (secondary N) is 2. The third-order valence-corrected chi connectivity index (χ3v) is 5.01. The highest BCUT2D eigenvalue weighted by atomic mass is 127. The monoisotopic (exact) mass is 496 g/mol. The maximum atomic E-state index is 6.11. The van der Waals surface area contributed by atoms with E-state index in [0.29, 0.717) is 6.04 Å². The number of unbranched alkanes of at least 4 members (excludes halogenated alkanes) is 1. The molecule has 1 heterocycles. The van der Waals surface area contributed by atoms with Crippen LogP contribution in [0.3, 0.4) is 0 Å². The molecule has 0 amide bonds. The fourth-order valence-corrected chi connectivity index (χ4v) is 3.53. The first-order valence-electron chi connectivity index (χ1n) is 8.77. The lowest BCUT2D eigenvalue weighted by Gasteiger charge is -2.20. The van der Waals surface area contributed by atoms with Crippen LogP contribution in [0.2, 0.25) is 5.02 Å². The maximum Gasteiger partial charge on any atom is 0.191 e. The van der Waals surface area contributed by atoms with Gasteiger partial charge in [-0.25, -0.2) is 0 Å². The second-order valence-electron chi connectivity index (χ2n) is 6.02. The minimum atomic E-state index is 0. The van der Waals surface area contributed by atoms with Gasteiger partial charge in [0.25, 0.3) is 0 Å². The number of anilines is 1. The van der Waals surface area contributed by atoms with E-state index < -0.39 is 0 Å². The summed E-state index contributed by atoms with van der Waals surface area (Å²) in [6.07, 6.45) is 5.65. The van der Waals surface area contributed by atoms with Gasteiger partial charge in [0.2, 0.25) is 0 Å². The molecule has 2 rings (SSSR count). The van der Waals surface area contributed by atoms with Crippen molar-refractivity contribution in [2.75, 3.05) is 43.1 Å². The fourth-order valence-electron chi connectivity index (χ4n) is 2.85. The van der Waals surface area contributed by atoms with Crippen LogP contribution in [0.15, 0.2) is 29.3 Å². The molecule has 7 heteroatoms. The molecule has 0 bridgehead atoms. The Labute approximate surface area is 178 Å². The van der Waals surface area contributed by atoms with Gasteiger partial charge >= 0.3 is 0 Å². The van der Waals surface area contributed by atoms with Crippen LogP contribution in [-0.2, 0) is 0 Å². The summed E-state index contributed by atoms with van der Waals surface area (Å²) in [5, 5.41) is 7.73. The first-order valence-corrected chi connectivity index (χ1v) is 10.5. The van der Waals surface area contributed by atoms with Crippen LogP contribution in [0.1, 0.15) is 26.2 Å². The minimum absolute atomic E-state index is 0. The van der Waals surface area contributed by atoms with Gasteiger partial charge in [-0.3, -0.25) is 4.99 Å². The van der Waals surface area contributed by atoms with Gasteiger partial charge in [-0.2, -0.15) is 11.8 Å². The third-order valence-electron chi connectivity index (χ3n) is 4.07. The number of benzene rings is 1. The highest BCUT2D eigenvalue weighted by Crippen LogP contribution is 2.23. The SMILES string of the molecule is CCNC(=NCCCCSC)NC1CCN(c2cccc(Cl)c2)C1.I. The van der Waals surface area contributed by atoms with Gasteiger partial charge in [0, 0.05) is 42.9 Å². The van der Waals surface area contributed by atoms with Gasteiger partial charge in [-0.15, -0.1) is 24.0 Å². The first kappa shape index (κ1) is 22.7. The van der Waals surface area contributed by atoms with Gasteiger partial charge in [-0.05, 0) is 56.4 Å². The van der Waals surface area contributed by atoms with Crippen LogP contribution in [0.25, 0.3) is 0 Å². The van der Waals surface area contributed by atoms with Gasteiger partial charge in [-0.1, -0.05) is 17.7 Å². The summed E-state index contributed by atoms with van der Waals surface area (Å²) in [5.74, 6) is 2.16. The molecule has 0 aromatic heterocycles. The van der Waals surface area contributed by atoms with Crippen molar-refractivity contribution < 1.29 is 0 Å². The number of guanidine groups is 1. The predicted octanol–water partition coefficient (Wildman–Crippen LogP) is 4.24. The van der Waals surface area contributed by atoms with Crippen molar-refractivity contribution in [1.82, 2.24) is 10.6 Å². The zero-order chi connectivity index (χ0) is 17.2. The lowest BCUT2D eigenvalue weighted by molar-refractivity contribution is 0.647. The topological polar surface area (TPSA) is 39.7 Å². The molecule has 1 aromatic rings. The number of halogens is 2. The van der Waals surface area contributed by atoms with Crippen molar-refractivity contribution in [2.24, 2.45) is 4.99 Å². The zero-order valence-corrected chi connectivity index (χ0v) is 19.0. The molecule has 1 atom stereocenters. The summed E-state index contributed by atoms with van der Waals surface area (Å²) >= 11 is 8.01. The Morgan fingerprint density at radius 1 is 1.40 bits per heavy atom. The van der Waals surface area contributed by atoms with E-state index in [1.807, 2.05) is 30.0 Å². The third kappa shape index (κ3) is 8.26. The first-order chi connectivity index (χ1) is 11.7. The molecule has 1 aromatic carbocycles. The van der Waals surface area contributed by atoms with Crippen LogP contribution >= 0.6 is 47.3 Å². The van der Waals surface area contributed by atoms with E-state index in [9.17, 15) is 0 Å². The summed E-state index contributed by atoms with van der Waals surface area (Å²) in [7, 11) is 0. The molecular formula is C18H30ClIN4S. The van der Waals surface area contributed by atoms with Crippen LogP contribution in [0, 0.1) is 0 Å². The predicted molar refractivity (Wildman–Crippen MR) is 124 cm³/mol. The second-order valence-corrected chi connectivity index (χ2v) is 7.44. The Balaban J connectivity index is 0.00000312. The Morgan fingerprint density at radius 3 is 2.96 bits per heavy atom. The smallest absolute Gasteiger partial charge is 0.191 e. The molecule has 1 fully saturated rings. The lowest BCUT2D eigenvalue weighted by Crippen LogP contribution is -2.44. The molecule has 1 aliphatic heterocycles. The number of rotatable bonds is 8. The molecule has 0 radical (unpaired) electrons. The molecular weight excluding hydrogens is 467 g/mol. The molecule has 1 unspecified atom stereocenters. The van der Waals surface area contributed by atoms with Crippen molar-refractivity contribution >= 4 is 59.0 Å². The largest absolute Gasteiger partial charge is 0.369 e. The normalized spacial score (nSPS) is 17.3. The van der Waals surface area contributed by atoms with Crippen molar-refractivity contribution in [1.29, 1.82) is 0 Å². The van der Waals surface area contributed by atoms with Crippen LogP contribution in [0.4, 0.5) is 5.69 Å². The van der Waals surface area contributed by atoms with Gasteiger partial charge in [0.1, 0.15) is 0 Å². The molecule has 2 N–H and O–H groups in total. The summed E-state index contributed by atoms with van der Waals surface area (Å²) in [4.78, 5) is 7.09. The van der Waals surface area contributed by atoms with E-state index in [0.717, 1.165) is 50.0 Å². The van der Waals surface area contributed by atoms with Crippen molar-refractivity contribution in [3.63, 3.8) is 0 Å². The van der Waals surface area contributed by atoms with E-state index in [4.69, 9.17) is 16.6 Å². The summed E-state index contributed by atoms with van der Waals surface area (Å²) in [5.41, 5.74) is 1.20. The van der Waals surface area contributed by atoms with E-state index in [2.05, 4.69) is 34.8 Å². The number of hydrogen-bond donors (Lipinski definition) is 2. The highest BCUT2D eigenvalue weighted by Gasteiger charge is 2.23. The average molecular weight is 497 g/mol. The molecule has 0 aliphatic carbocycles. The summed E-state index contributed by atoms with van der Waals surface area (Å²) < 4.78 is 0. The van der Waals surface area contributed by atoms with Gasteiger partial charge in [0.05, 0.1) is 0 Å². The van der Waals surface area contributed by atoms with E-state index in [1.54, 1.807) is 0 Å². The molecule has 4 nitrogen and oxygen atoms in total. The Hall–Kier alpha value is -0.340. The minimum Gasteiger partial charge on any atom is -0.369 e. The van der Waals surface area contributed by atoms with Crippen molar-refractivity contribution in [2.45, 2.75) is 32.2 Å². The number of hydrogen-bond acceptors (Lipinski definition) is 3. The average Bonchev–Trinajstić information content (AvgIpc) is 3.03. The molecule has 1 saturated heterocycles. The number of nitrogens with zero attached hydrogens (tertiary/aromatic N) is 2. The Kier molecular flexibility index (Phi) is 11.7. The molecule has 1 aliphatic rings. The summed E-state index contributed by atoms with van der Waals surface area (Å²) in [6, 6.07) is 8.52. The Morgan fingerprint density at radius 2 is 2.24 bits per heavy atom. The standard InChI is InChI=1S/C18H29ClN4S.HI/c1-3-20-18(21-10-4-5-12-24-2)22-16-9-11-23(14-16)17-8-6-7-15(19)13-17;/h6-8,13,16H,3-5,9-12,14H2,1-2H3,(H2,20,21,22);1H. The van der Waals surface area contributed by atoms with Crippen LogP contribution < -0.4 is 15.5 Å². The summed E-state index contributed by atoms with van der Waals surface area (Å²) in [6.45, 7) is 5.92. The lowest BCUT2D eigenvalue weighted by atomic mass is 10.2. The molecule has 0 spiro atoms. The fraction of sp³-hybridized carbons (Fsp3) is 0.611. The maximum absolute atomic E-state index is 6.11. The molecule has 142 valence electrons. The quantitative estimate of drug-likeness (QED) is 0.244. The van der Waals surface area contributed by atoms with Crippen molar-refractivity contribution in [3.8, 4) is 0 Å². The number of thioether (sulfide) groups is 1. The van der Waals surface area contributed by atoms with E-state index in [-0.39, 0.29) is 24.0 Å². The van der Waals surface area contributed by atoms with Gasteiger partial charge < -0.3 is 15.5 Å². The second kappa shape index (κ2) is 12.9. The molecule has 25 heavy (non-hydrogen) atoms. The Bertz CT molecular complexity index is 530. The zero-order valence-electron chi connectivity index (χ0n) is 15.1. The van der Waals surface area contributed by atoms with Crippen LogP contribution in [-0.4, -0.2) is 50.2 Å². The highest BCUT2D eigenvalue weighted by molar-refractivity contribution is 14.0. The molecule has 0 saturated carbocycles. The van der Waals surface area contributed by atoms with Gasteiger partial charge in [0.15, 0.2) is 5.96 Å². The van der Waals surface area contributed by atoms with Crippen LogP contribution in [0.5, 0.6) is 0 Å². The van der Waals surface area contributed by atoms with E-state index >= 15 is 0 Å². The van der Waals surface area contributed by atoms with E-state index in [1.165, 1.54) is 17.9 Å². The van der Waals surface area contributed by atoms with Crippen molar-refractivity contribution in [3.05, 3.63) is 29.3 Å². The number of aliphatic imine (C=N–C) groups is 1.